The van der Waals surface area contributed by atoms with Crippen LogP contribution in [0, 0.1) is 13.8 Å². The Morgan fingerprint density at radius 1 is 0.962 bits per heavy atom. The lowest BCUT2D eigenvalue weighted by Crippen LogP contribution is -2.12. The van der Waals surface area contributed by atoms with E-state index in [1.165, 1.54) is 0 Å². The predicted octanol–water partition coefficient (Wildman–Crippen LogP) is 4.73. The summed E-state index contributed by atoms with van der Waals surface area (Å²) in [7, 11) is 0. The molecule has 0 bridgehead atoms. The number of hydrogen-bond donors (Lipinski definition) is 0. The van der Waals surface area contributed by atoms with E-state index in [0.29, 0.717) is 22.7 Å². The standard InChI is InChI=1S/C21H20N2O3/c1-4-25-20(24)18-15(3)22-21(26-17-12-10-14(2)11-13-17)23-19(18)16-8-6-5-7-9-16/h5-13H,4H2,1-3H3. The number of nitrogens with zero attached hydrogens (tertiary/aromatic N) is 2. The number of aromatic nitrogens is 2. The molecule has 1 aromatic heterocycles. The molecule has 0 amide bonds. The molecule has 132 valence electrons. The Morgan fingerprint density at radius 3 is 2.31 bits per heavy atom. The van der Waals surface area contributed by atoms with E-state index in [0.717, 1.165) is 11.1 Å². The van der Waals surface area contributed by atoms with Gasteiger partial charge in [0.1, 0.15) is 11.3 Å². The molecule has 5 heteroatoms. The number of esters is 1. The van der Waals surface area contributed by atoms with E-state index in [1.807, 2.05) is 61.5 Å². The van der Waals surface area contributed by atoms with Crippen molar-refractivity contribution in [1.29, 1.82) is 0 Å². The number of carbonyl (C=O) groups excluding carboxylic acids is 1. The summed E-state index contributed by atoms with van der Waals surface area (Å²) in [5, 5.41) is 0. The summed E-state index contributed by atoms with van der Waals surface area (Å²) in [6.45, 7) is 5.81. The molecule has 0 aliphatic heterocycles. The first-order valence-corrected chi connectivity index (χ1v) is 8.44. The Hall–Kier alpha value is -3.21. The van der Waals surface area contributed by atoms with Crippen LogP contribution in [0.15, 0.2) is 54.6 Å². The van der Waals surface area contributed by atoms with E-state index < -0.39 is 5.97 Å². The average molecular weight is 348 g/mol. The molecule has 0 N–H and O–H groups in total. The second kappa shape index (κ2) is 7.78. The van der Waals surface area contributed by atoms with E-state index in [9.17, 15) is 4.79 Å². The van der Waals surface area contributed by atoms with Crippen molar-refractivity contribution >= 4 is 5.97 Å². The van der Waals surface area contributed by atoms with Gasteiger partial charge in [-0.15, -0.1) is 0 Å². The molecule has 3 aromatic rings. The van der Waals surface area contributed by atoms with Gasteiger partial charge in [-0.3, -0.25) is 0 Å². The van der Waals surface area contributed by atoms with Crippen LogP contribution in [0.3, 0.4) is 0 Å². The number of ether oxygens (including phenoxy) is 2. The number of aryl methyl sites for hydroxylation is 2. The molecule has 0 aliphatic carbocycles. The van der Waals surface area contributed by atoms with Crippen LogP contribution in [0.2, 0.25) is 0 Å². The molecule has 0 atom stereocenters. The Bertz CT molecular complexity index is 907. The van der Waals surface area contributed by atoms with Gasteiger partial charge in [-0.1, -0.05) is 48.0 Å². The summed E-state index contributed by atoms with van der Waals surface area (Å²) in [5.74, 6) is 0.198. The topological polar surface area (TPSA) is 61.3 Å². The number of carbonyl (C=O) groups is 1. The molecule has 26 heavy (non-hydrogen) atoms. The third kappa shape index (κ3) is 3.88. The molecule has 5 nitrogen and oxygen atoms in total. The third-order valence-corrected chi connectivity index (χ3v) is 3.83. The van der Waals surface area contributed by atoms with E-state index in [1.54, 1.807) is 13.8 Å². The molecular weight excluding hydrogens is 328 g/mol. The van der Waals surface area contributed by atoms with Crippen LogP contribution in [0.25, 0.3) is 11.3 Å². The van der Waals surface area contributed by atoms with Crippen LogP contribution >= 0.6 is 0 Å². The highest BCUT2D eigenvalue weighted by molar-refractivity contribution is 5.97. The van der Waals surface area contributed by atoms with Gasteiger partial charge in [0.2, 0.25) is 0 Å². The largest absolute Gasteiger partial charge is 0.462 e. The number of rotatable bonds is 5. The molecule has 1 heterocycles. The lowest BCUT2D eigenvalue weighted by Gasteiger charge is -2.13. The van der Waals surface area contributed by atoms with Crippen LogP contribution in [-0.2, 0) is 4.74 Å². The molecule has 0 fully saturated rings. The second-order valence-electron chi connectivity index (χ2n) is 5.82. The molecule has 0 radical (unpaired) electrons. The molecule has 3 rings (SSSR count). The fraction of sp³-hybridized carbons (Fsp3) is 0.190. The van der Waals surface area contributed by atoms with Gasteiger partial charge < -0.3 is 9.47 Å². The normalized spacial score (nSPS) is 10.4. The molecule has 0 spiro atoms. The van der Waals surface area contributed by atoms with Gasteiger partial charge in [0.05, 0.1) is 18.0 Å². The lowest BCUT2D eigenvalue weighted by molar-refractivity contribution is 0.0525. The van der Waals surface area contributed by atoms with Crippen LogP contribution in [-0.4, -0.2) is 22.5 Å². The molecule has 0 unspecified atom stereocenters. The molecule has 0 saturated carbocycles. The summed E-state index contributed by atoms with van der Waals surface area (Å²) in [6, 6.07) is 17.3. The maximum absolute atomic E-state index is 12.4. The Labute approximate surface area is 152 Å². The molecule has 0 saturated heterocycles. The zero-order valence-electron chi connectivity index (χ0n) is 15.0. The van der Waals surface area contributed by atoms with Crippen molar-refractivity contribution in [3.05, 3.63) is 71.4 Å². The SMILES string of the molecule is CCOC(=O)c1c(C)nc(Oc2ccc(C)cc2)nc1-c1ccccc1. The maximum atomic E-state index is 12.4. The summed E-state index contributed by atoms with van der Waals surface area (Å²) in [5.41, 5.74) is 3.30. The van der Waals surface area contributed by atoms with Gasteiger partial charge in [0.15, 0.2) is 0 Å². The maximum Gasteiger partial charge on any atom is 0.342 e. The van der Waals surface area contributed by atoms with Crippen LogP contribution < -0.4 is 4.74 Å². The molecule has 0 aliphatic rings. The van der Waals surface area contributed by atoms with Crippen molar-refractivity contribution in [1.82, 2.24) is 9.97 Å². The van der Waals surface area contributed by atoms with E-state index >= 15 is 0 Å². The minimum absolute atomic E-state index is 0.193. The van der Waals surface area contributed by atoms with E-state index in [-0.39, 0.29) is 12.6 Å². The van der Waals surface area contributed by atoms with Crippen molar-refractivity contribution in [3.63, 3.8) is 0 Å². The minimum Gasteiger partial charge on any atom is -0.462 e. The van der Waals surface area contributed by atoms with Crippen LogP contribution in [0.5, 0.6) is 11.8 Å². The van der Waals surface area contributed by atoms with Gasteiger partial charge in [-0.2, -0.15) is 9.97 Å². The summed E-state index contributed by atoms with van der Waals surface area (Å²) >= 11 is 0. The fourth-order valence-corrected chi connectivity index (χ4v) is 2.56. The highest BCUT2D eigenvalue weighted by Crippen LogP contribution is 2.28. The third-order valence-electron chi connectivity index (χ3n) is 3.83. The Morgan fingerprint density at radius 2 is 1.65 bits per heavy atom. The molecule has 2 aromatic carbocycles. The minimum atomic E-state index is -0.439. The van der Waals surface area contributed by atoms with Crippen molar-refractivity contribution < 1.29 is 14.3 Å². The van der Waals surface area contributed by atoms with Crippen molar-refractivity contribution in [3.8, 4) is 23.0 Å². The highest BCUT2D eigenvalue weighted by atomic mass is 16.5. The van der Waals surface area contributed by atoms with E-state index in [2.05, 4.69) is 9.97 Å². The first-order chi connectivity index (χ1) is 12.6. The van der Waals surface area contributed by atoms with Crippen molar-refractivity contribution in [2.75, 3.05) is 6.61 Å². The lowest BCUT2D eigenvalue weighted by atomic mass is 10.0. The van der Waals surface area contributed by atoms with E-state index in [4.69, 9.17) is 9.47 Å². The predicted molar refractivity (Wildman–Crippen MR) is 99.4 cm³/mol. The molecular formula is C21H20N2O3. The number of hydrogen-bond acceptors (Lipinski definition) is 5. The van der Waals surface area contributed by atoms with Gasteiger partial charge in [0.25, 0.3) is 0 Å². The first kappa shape index (κ1) is 17.6. The zero-order chi connectivity index (χ0) is 18.5. The number of benzene rings is 2. The van der Waals surface area contributed by atoms with Crippen molar-refractivity contribution in [2.45, 2.75) is 20.8 Å². The van der Waals surface area contributed by atoms with Gasteiger partial charge in [-0.25, -0.2) is 4.79 Å². The monoisotopic (exact) mass is 348 g/mol. The average Bonchev–Trinajstić information content (AvgIpc) is 2.64. The summed E-state index contributed by atoms with van der Waals surface area (Å²) in [4.78, 5) is 21.3. The quantitative estimate of drug-likeness (QED) is 0.624. The van der Waals surface area contributed by atoms with Crippen LogP contribution in [0.4, 0.5) is 0 Å². The Kier molecular flexibility index (Phi) is 5.27. The highest BCUT2D eigenvalue weighted by Gasteiger charge is 2.21. The first-order valence-electron chi connectivity index (χ1n) is 8.44. The van der Waals surface area contributed by atoms with Gasteiger partial charge in [0, 0.05) is 5.56 Å². The zero-order valence-corrected chi connectivity index (χ0v) is 15.0. The van der Waals surface area contributed by atoms with Crippen LogP contribution in [0.1, 0.15) is 28.5 Å². The second-order valence-corrected chi connectivity index (χ2v) is 5.82. The summed E-state index contributed by atoms with van der Waals surface area (Å²) < 4.78 is 11.0. The van der Waals surface area contributed by atoms with Gasteiger partial charge in [-0.05, 0) is 32.9 Å². The fourth-order valence-electron chi connectivity index (χ4n) is 2.56. The smallest absolute Gasteiger partial charge is 0.342 e. The van der Waals surface area contributed by atoms with Gasteiger partial charge >= 0.3 is 12.0 Å². The Balaban J connectivity index is 2.07. The van der Waals surface area contributed by atoms with Crippen molar-refractivity contribution in [2.24, 2.45) is 0 Å². The summed E-state index contributed by atoms with van der Waals surface area (Å²) in [6.07, 6.45) is 0.